The normalized spacial score (nSPS) is 10.7. The number of nitrogens with zero attached hydrogens (tertiary/aromatic N) is 4. The monoisotopic (exact) mass is 289 g/mol. The van der Waals surface area contributed by atoms with Gasteiger partial charge >= 0.3 is 0 Å². The van der Waals surface area contributed by atoms with Crippen molar-refractivity contribution in [2.24, 2.45) is 0 Å². The van der Waals surface area contributed by atoms with Crippen LogP contribution in [0.15, 0.2) is 42.5 Å². The SMILES string of the molecule is Nc1cc(F)cc(-c2nnnn2-c2ccccc2Cl)c1. The van der Waals surface area contributed by atoms with E-state index in [1.54, 1.807) is 24.3 Å². The summed E-state index contributed by atoms with van der Waals surface area (Å²) >= 11 is 6.12. The molecule has 0 aliphatic heterocycles. The Balaban J connectivity index is 2.18. The van der Waals surface area contributed by atoms with Crippen molar-refractivity contribution in [1.82, 2.24) is 20.2 Å². The summed E-state index contributed by atoms with van der Waals surface area (Å²) in [7, 11) is 0. The molecule has 2 aromatic carbocycles. The molecule has 3 aromatic rings. The minimum Gasteiger partial charge on any atom is -0.399 e. The molecule has 1 heterocycles. The Bertz CT molecular complexity index is 751. The van der Waals surface area contributed by atoms with Gasteiger partial charge in [0.2, 0.25) is 0 Å². The van der Waals surface area contributed by atoms with Crippen LogP contribution in [0.2, 0.25) is 5.02 Å². The van der Waals surface area contributed by atoms with Crippen LogP contribution < -0.4 is 5.73 Å². The van der Waals surface area contributed by atoms with Gasteiger partial charge in [0.25, 0.3) is 0 Å². The minimum absolute atomic E-state index is 0.300. The van der Waals surface area contributed by atoms with Crippen LogP contribution in [0.25, 0.3) is 17.1 Å². The quantitative estimate of drug-likeness (QED) is 0.736. The van der Waals surface area contributed by atoms with Gasteiger partial charge in [-0.15, -0.1) is 5.10 Å². The summed E-state index contributed by atoms with van der Waals surface area (Å²) < 4.78 is 14.9. The van der Waals surface area contributed by atoms with Gasteiger partial charge in [0.1, 0.15) is 5.82 Å². The van der Waals surface area contributed by atoms with Crippen molar-refractivity contribution in [3.8, 4) is 17.1 Å². The van der Waals surface area contributed by atoms with Crippen molar-refractivity contribution in [2.45, 2.75) is 0 Å². The van der Waals surface area contributed by atoms with Crippen LogP contribution in [0, 0.1) is 5.82 Å². The third-order valence-electron chi connectivity index (χ3n) is 2.73. The molecule has 0 saturated heterocycles. The van der Waals surface area contributed by atoms with Crippen LogP contribution in [0.4, 0.5) is 10.1 Å². The number of benzene rings is 2. The predicted molar refractivity (Wildman–Crippen MR) is 74.0 cm³/mol. The number of rotatable bonds is 2. The summed E-state index contributed by atoms with van der Waals surface area (Å²) in [5.74, 6) is -0.0852. The van der Waals surface area contributed by atoms with E-state index in [1.165, 1.54) is 16.8 Å². The lowest BCUT2D eigenvalue weighted by atomic mass is 10.2. The summed E-state index contributed by atoms with van der Waals surface area (Å²) in [6, 6.07) is 11.3. The summed E-state index contributed by atoms with van der Waals surface area (Å²) in [6.45, 7) is 0. The lowest BCUT2D eigenvalue weighted by Gasteiger charge is -2.07. The van der Waals surface area contributed by atoms with Crippen LogP contribution >= 0.6 is 11.6 Å². The second kappa shape index (κ2) is 4.90. The van der Waals surface area contributed by atoms with Gasteiger partial charge in [-0.3, -0.25) is 0 Å². The first-order valence-electron chi connectivity index (χ1n) is 5.75. The lowest BCUT2D eigenvalue weighted by Crippen LogP contribution is -2.01. The third kappa shape index (κ3) is 2.21. The number of tetrazole rings is 1. The Hall–Kier alpha value is -2.47. The topological polar surface area (TPSA) is 69.6 Å². The lowest BCUT2D eigenvalue weighted by molar-refractivity contribution is 0.628. The van der Waals surface area contributed by atoms with E-state index in [0.29, 0.717) is 27.8 Å². The fourth-order valence-electron chi connectivity index (χ4n) is 1.89. The first-order valence-corrected chi connectivity index (χ1v) is 6.12. The maximum absolute atomic E-state index is 13.4. The fraction of sp³-hybridized carbons (Fsp3) is 0. The second-order valence-electron chi connectivity index (χ2n) is 4.14. The van der Waals surface area contributed by atoms with Crippen molar-refractivity contribution in [1.29, 1.82) is 0 Å². The zero-order valence-corrected chi connectivity index (χ0v) is 10.9. The molecule has 100 valence electrons. The van der Waals surface area contributed by atoms with E-state index in [9.17, 15) is 4.39 Å². The average molecular weight is 290 g/mol. The Morgan fingerprint density at radius 2 is 1.95 bits per heavy atom. The predicted octanol–water partition coefficient (Wildman–Crippen LogP) is 2.70. The smallest absolute Gasteiger partial charge is 0.187 e. The highest BCUT2D eigenvalue weighted by molar-refractivity contribution is 6.32. The summed E-state index contributed by atoms with van der Waals surface area (Å²) in [5, 5.41) is 11.9. The molecule has 0 aliphatic rings. The standard InChI is InChI=1S/C13H9ClFN5/c14-11-3-1-2-4-12(11)20-13(17-18-19-20)8-5-9(15)7-10(16)6-8/h1-7H,16H2. The van der Waals surface area contributed by atoms with E-state index >= 15 is 0 Å². The Labute approximate surface area is 118 Å². The molecular weight excluding hydrogens is 281 g/mol. The van der Waals surface area contributed by atoms with E-state index in [0.717, 1.165) is 0 Å². The summed E-state index contributed by atoms with van der Waals surface area (Å²) in [6.07, 6.45) is 0. The van der Waals surface area contributed by atoms with Crippen molar-refractivity contribution in [2.75, 3.05) is 5.73 Å². The number of nitrogen functional groups attached to an aromatic ring is 1. The summed E-state index contributed by atoms with van der Waals surface area (Å²) in [4.78, 5) is 0. The maximum Gasteiger partial charge on any atom is 0.187 e. The molecule has 0 fully saturated rings. The second-order valence-corrected chi connectivity index (χ2v) is 4.55. The Morgan fingerprint density at radius 1 is 1.15 bits per heavy atom. The van der Waals surface area contributed by atoms with Crippen molar-refractivity contribution >= 4 is 17.3 Å². The van der Waals surface area contributed by atoms with Crippen LogP contribution in [0.1, 0.15) is 0 Å². The first kappa shape index (κ1) is 12.6. The molecule has 0 aliphatic carbocycles. The first-order chi connectivity index (χ1) is 9.65. The van der Waals surface area contributed by atoms with Crippen LogP contribution in [0.5, 0.6) is 0 Å². The van der Waals surface area contributed by atoms with Gasteiger partial charge in [-0.1, -0.05) is 23.7 Å². The van der Waals surface area contributed by atoms with Crippen LogP contribution in [-0.2, 0) is 0 Å². The van der Waals surface area contributed by atoms with E-state index in [1.807, 2.05) is 6.07 Å². The molecule has 3 rings (SSSR count). The van der Waals surface area contributed by atoms with Gasteiger partial charge in [-0.25, -0.2) is 4.39 Å². The highest BCUT2D eigenvalue weighted by Gasteiger charge is 2.14. The molecule has 0 bridgehead atoms. The highest BCUT2D eigenvalue weighted by atomic mass is 35.5. The van der Waals surface area contributed by atoms with Gasteiger partial charge in [0, 0.05) is 11.3 Å². The molecule has 0 atom stereocenters. The van der Waals surface area contributed by atoms with Crippen molar-refractivity contribution in [3.63, 3.8) is 0 Å². The van der Waals surface area contributed by atoms with E-state index in [4.69, 9.17) is 17.3 Å². The molecule has 7 heteroatoms. The molecule has 5 nitrogen and oxygen atoms in total. The molecule has 0 spiro atoms. The Morgan fingerprint density at radius 3 is 2.70 bits per heavy atom. The molecule has 2 N–H and O–H groups in total. The number of para-hydroxylation sites is 1. The van der Waals surface area contributed by atoms with Gasteiger partial charge in [-0.05, 0) is 40.8 Å². The van der Waals surface area contributed by atoms with Crippen LogP contribution in [-0.4, -0.2) is 20.2 Å². The number of hydrogen-bond donors (Lipinski definition) is 1. The summed E-state index contributed by atoms with van der Waals surface area (Å²) in [5.41, 5.74) is 7.03. The van der Waals surface area contributed by atoms with Crippen LogP contribution in [0.3, 0.4) is 0 Å². The van der Waals surface area contributed by atoms with E-state index < -0.39 is 5.82 Å². The maximum atomic E-state index is 13.4. The largest absolute Gasteiger partial charge is 0.399 e. The van der Waals surface area contributed by atoms with Crippen molar-refractivity contribution in [3.05, 3.63) is 53.3 Å². The zero-order chi connectivity index (χ0) is 14.1. The molecule has 1 aromatic heterocycles. The zero-order valence-electron chi connectivity index (χ0n) is 10.2. The number of hydrogen-bond acceptors (Lipinski definition) is 4. The molecule has 0 radical (unpaired) electrons. The van der Waals surface area contributed by atoms with E-state index in [2.05, 4.69) is 15.5 Å². The minimum atomic E-state index is -0.450. The Kier molecular flexibility index (Phi) is 3.08. The van der Waals surface area contributed by atoms with Gasteiger partial charge in [0.05, 0.1) is 10.7 Å². The van der Waals surface area contributed by atoms with Gasteiger partial charge in [-0.2, -0.15) is 4.68 Å². The van der Waals surface area contributed by atoms with Crippen molar-refractivity contribution < 1.29 is 4.39 Å². The molecule has 20 heavy (non-hydrogen) atoms. The number of anilines is 1. The molecule has 0 unspecified atom stereocenters. The number of nitrogens with two attached hydrogens (primary N) is 1. The third-order valence-corrected chi connectivity index (χ3v) is 3.05. The average Bonchev–Trinajstić information content (AvgIpc) is 2.87. The highest BCUT2D eigenvalue weighted by Crippen LogP contribution is 2.26. The van der Waals surface area contributed by atoms with E-state index in [-0.39, 0.29) is 0 Å². The van der Waals surface area contributed by atoms with Gasteiger partial charge in [0.15, 0.2) is 5.82 Å². The number of halogens is 2. The number of aromatic nitrogens is 4. The fourth-order valence-corrected chi connectivity index (χ4v) is 2.11. The molecular formula is C13H9ClFN5. The molecule has 0 amide bonds. The van der Waals surface area contributed by atoms with Gasteiger partial charge < -0.3 is 5.73 Å². The molecule has 0 saturated carbocycles.